The number of amides is 1. The van der Waals surface area contributed by atoms with Gasteiger partial charge in [-0.2, -0.15) is 0 Å². The van der Waals surface area contributed by atoms with Gasteiger partial charge in [0.2, 0.25) is 0 Å². The molecule has 1 fully saturated rings. The molecular formula is C18H26N2O5. The second-order valence-corrected chi connectivity index (χ2v) is 6.06. The number of hydrogen-bond acceptors (Lipinski definition) is 4. The lowest BCUT2D eigenvalue weighted by Gasteiger charge is -2.15. The van der Waals surface area contributed by atoms with Crippen molar-refractivity contribution in [3.63, 3.8) is 0 Å². The molecule has 1 unspecified atom stereocenters. The van der Waals surface area contributed by atoms with Crippen LogP contribution in [-0.4, -0.2) is 40.1 Å². The van der Waals surface area contributed by atoms with Gasteiger partial charge in [0, 0.05) is 18.0 Å². The fourth-order valence-corrected chi connectivity index (χ4v) is 2.49. The summed E-state index contributed by atoms with van der Waals surface area (Å²) in [5, 5.41) is 19.7. The maximum atomic E-state index is 11.7. The number of benzene rings is 1. The van der Waals surface area contributed by atoms with Crippen LogP contribution in [0.2, 0.25) is 0 Å². The summed E-state index contributed by atoms with van der Waals surface area (Å²) < 4.78 is 0. The molecule has 1 saturated carbocycles. The molecule has 2 rings (SSSR count). The predicted molar refractivity (Wildman–Crippen MR) is 93.3 cm³/mol. The molecule has 1 atom stereocenters. The van der Waals surface area contributed by atoms with Crippen molar-refractivity contribution < 1.29 is 24.6 Å². The summed E-state index contributed by atoms with van der Waals surface area (Å²) in [6.45, 7) is 0. The summed E-state index contributed by atoms with van der Waals surface area (Å²) in [7, 11) is 0. The summed E-state index contributed by atoms with van der Waals surface area (Å²) in [6.07, 6.45) is 6.20. The number of carbonyl (C=O) groups excluding carboxylic acids is 1. The maximum absolute atomic E-state index is 11.7. The van der Waals surface area contributed by atoms with Crippen LogP contribution in [0.15, 0.2) is 30.3 Å². The molecule has 25 heavy (non-hydrogen) atoms. The van der Waals surface area contributed by atoms with Crippen molar-refractivity contribution in [3.05, 3.63) is 35.9 Å². The molecule has 7 nitrogen and oxygen atoms in total. The van der Waals surface area contributed by atoms with Crippen molar-refractivity contribution >= 4 is 17.8 Å². The summed E-state index contributed by atoms with van der Waals surface area (Å²) in [5.74, 6) is -2.89. The highest BCUT2D eigenvalue weighted by molar-refractivity contribution is 5.96. The van der Waals surface area contributed by atoms with Crippen LogP contribution in [0.4, 0.5) is 0 Å². The van der Waals surface area contributed by atoms with Crippen molar-refractivity contribution in [1.29, 1.82) is 0 Å². The minimum absolute atomic E-state index is 0.150. The van der Waals surface area contributed by atoms with E-state index in [1.165, 1.54) is 32.1 Å². The second-order valence-electron chi connectivity index (χ2n) is 6.06. The van der Waals surface area contributed by atoms with Gasteiger partial charge in [-0.1, -0.05) is 37.5 Å². The number of carboxylic acids is 2. The lowest BCUT2D eigenvalue weighted by Crippen LogP contribution is -2.41. The molecule has 0 radical (unpaired) electrons. The van der Waals surface area contributed by atoms with Gasteiger partial charge in [-0.15, -0.1) is 0 Å². The lowest BCUT2D eigenvalue weighted by atomic mass is 9.97. The Morgan fingerprint density at radius 3 is 2.12 bits per heavy atom. The Hall–Kier alpha value is -2.41. The van der Waals surface area contributed by atoms with Crippen LogP contribution in [0.3, 0.4) is 0 Å². The Kier molecular flexibility index (Phi) is 9.24. The molecule has 0 heterocycles. The minimum Gasteiger partial charge on any atom is -0.481 e. The number of carbonyl (C=O) groups is 3. The number of rotatable bonds is 6. The molecule has 0 bridgehead atoms. The van der Waals surface area contributed by atoms with Crippen LogP contribution in [-0.2, 0) is 9.59 Å². The Morgan fingerprint density at radius 2 is 1.68 bits per heavy atom. The van der Waals surface area contributed by atoms with Crippen LogP contribution in [0.5, 0.6) is 0 Å². The molecule has 1 aliphatic carbocycles. The highest BCUT2D eigenvalue weighted by Gasteiger charge is 2.21. The molecule has 5 N–H and O–H groups in total. The molecule has 7 heteroatoms. The van der Waals surface area contributed by atoms with E-state index in [1.54, 1.807) is 30.3 Å². The lowest BCUT2D eigenvalue weighted by molar-refractivity contribution is -0.140. The van der Waals surface area contributed by atoms with Crippen LogP contribution < -0.4 is 11.1 Å². The van der Waals surface area contributed by atoms with E-state index in [1.807, 2.05) is 0 Å². The van der Waals surface area contributed by atoms with Crippen LogP contribution >= 0.6 is 0 Å². The number of nitrogens with two attached hydrogens (primary N) is 1. The first-order valence-electron chi connectivity index (χ1n) is 8.46. The molecular weight excluding hydrogens is 324 g/mol. The first-order chi connectivity index (χ1) is 11.9. The van der Waals surface area contributed by atoms with Gasteiger partial charge >= 0.3 is 11.9 Å². The minimum atomic E-state index is -1.25. The molecule has 1 aromatic carbocycles. The van der Waals surface area contributed by atoms with Gasteiger partial charge in [-0.25, -0.2) is 4.79 Å². The fraction of sp³-hybridized carbons (Fsp3) is 0.500. The third-order valence-electron chi connectivity index (χ3n) is 3.94. The van der Waals surface area contributed by atoms with Crippen molar-refractivity contribution in [2.75, 3.05) is 0 Å². The first kappa shape index (κ1) is 20.6. The van der Waals surface area contributed by atoms with Gasteiger partial charge in [0.25, 0.3) is 5.91 Å². The second kappa shape index (κ2) is 11.2. The zero-order chi connectivity index (χ0) is 18.7. The SMILES string of the molecule is NC1CCCCC1.O=C(O)CCC(NC(=O)c1ccccc1)C(=O)O. The summed E-state index contributed by atoms with van der Waals surface area (Å²) in [5.41, 5.74) is 5.97. The van der Waals surface area contributed by atoms with Gasteiger partial charge < -0.3 is 21.3 Å². The molecule has 0 aliphatic heterocycles. The highest BCUT2D eigenvalue weighted by Crippen LogP contribution is 2.14. The molecule has 1 aromatic rings. The van der Waals surface area contributed by atoms with Gasteiger partial charge in [-0.05, 0) is 31.4 Å². The summed E-state index contributed by atoms with van der Waals surface area (Å²) >= 11 is 0. The first-order valence-corrected chi connectivity index (χ1v) is 8.46. The molecule has 138 valence electrons. The van der Waals surface area contributed by atoms with Crippen LogP contribution in [0, 0.1) is 0 Å². The maximum Gasteiger partial charge on any atom is 0.326 e. The van der Waals surface area contributed by atoms with E-state index < -0.39 is 23.9 Å². The zero-order valence-corrected chi connectivity index (χ0v) is 14.2. The van der Waals surface area contributed by atoms with Crippen molar-refractivity contribution in [1.82, 2.24) is 5.32 Å². The quantitative estimate of drug-likeness (QED) is 0.621. The average Bonchev–Trinajstić information content (AvgIpc) is 2.60. The van der Waals surface area contributed by atoms with Gasteiger partial charge in [0.05, 0.1) is 0 Å². The standard InChI is InChI=1S/C12H13NO5.C6H13N/c14-10(15)7-6-9(12(17)18)13-11(16)8-4-2-1-3-5-8;7-6-4-2-1-3-5-6/h1-5,9H,6-7H2,(H,13,16)(H,14,15)(H,17,18);6H,1-5,7H2. The summed E-state index contributed by atoms with van der Waals surface area (Å²) in [4.78, 5) is 32.9. The molecule has 1 amide bonds. The Bertz CT molecular complexity index is 556. The third kappa shape index (κ3) is 8.85. The number of hydrogen-bond donors (Lipinski definition) is 4. The van der Waals surface area contributed by atoms with Crippen LogP contribution in [0.25, 0.3) is 0 Å². The van der Waals surface area contributed by atoms with E-state index in [2.05, 4.69) is 5.32 Å². The van der Waals surface area contributed by atoms with E-state index in [4.69, 9.17) is 15.9 Å². The van der Waals surface area contributed by atoms with E-state index in [-0.39, 0.29) is 12.8 Å². The van der Waals surface area contributed by atoms with Crippen molar-refractivity contribution in [2.45, 2.75) is 57.0 Å². The van der Waals surface area contributed by atoms with E-state index in [0.717, 1.165) is 0 Å². The molecule has 0 aromatic heterocycles. The smallest absolute Gasteiger partial charge is 0.326 e. The third-order valence-corrected chi connectivity index (χ3v) is 3.94. The van der Waals surface area contributed by atoms with Crippen molar-refractivity contribution in [3.8, 4) is 0 Å². The molecule has 1 aliphatic rings. The average molecular weight is 350 g/mol. The van der Waals surface area contributed by atoms with Crippen molar-refractivity contribution in [2.24, 2.45) is 5.73 Å². The fourth-order valence-electron chi connectivity index (χ4n) is 2.49. The highest BCUT2D eigenvalue weighted by atomic mass is 16.4. The normalized spacial score (nSPS) is 15.4. The summed E-state index contributed by atoms with van der Waals surface area (Å²) in [6, 6.07) is 7.47. The number of nitrogens with one attached hydrogen (secondary N) is 1. The monoisotopic (exact) mass is 350 g/mol. The Balaban J connectivity index is 0.000000370. The van der Waals surface area contributed by atoms with Gasteiger partial charge in [0.1, 0.15) is 6.04 Å². The zero-order valence-electron chi connectivity index (χ0n) is 14.2. The largest absolute Gasteiger partial charge is 0.481 e. The van der Waals surface area contributed by atoms with Crippen LogP contribution in [0.1, 0.15) is 55.3 Å². The Morgan fingerprint density at radius 1 is 1.08 bits per heavy atom. The molecule has 0 spiro atoms. The molecule has 0 saturated heterocycles. The van der Waals surface area contributed by atoms with Gasteiger partial charge in [0.15, 0.2) is 0 Å². The van der Waals surface area contributed by atoms with E-state index >= 15 is 0 Å². The number of carboxylic acid groups (broad SMARTS) is 2. The topological polar surface area (TPSA) is 130 Å². The Labute approximate surface area is 147 Å². The predicted octanol–water partition coefficient (Wildman–Crippen LogP) is 2.01. The van der Waals surface area contributed by atoms with E-state index in [9.17, 15) is 14.4 Å². The van der Waals surface area contributed by atoms with Gasteiger partial charge in [-0.3, -0.25) is 9.59 Å². The van der Waals surface area contributed by atoms with E-state index in [0.29, 0.717) is 11.6 Å². The number of aliphatic carboxylic acids is 2.